The van der Waals surface area contributed by atoms with Gasteiger partial charge in [0.15, 0.2) is 5.75 Å². The Labute approximate surface area is 239 Å². The maximum atomic E-state index is 12.9. The number of carbonyl (C=O) groups excluding carboxylic acids is 3. The van der Waals surface area contributed by atoms with Gasteiger partial charge in [-0.25, -0.2) is 0 Å². The van der Waals surface area contributed by atoms with Gasteiger partial charge in [-0.3, -0.25) is 29.3 Å². The van der Waals surface area contributed by atoms with Crippen LogP contribution in [0.5, 0.6) is 11.5 Å². The Morgan fingerprint density at radius 2 is 1.56 bits per heavy atom. The first-order valence-corrected chi connectivity index (χ1v) is 13.5. The van der Waals surface area contributed by atoms with Crippen LogP contribution >= 0.6 is 0 Å². The summed E-state index contributed by atoms with van der Waals surface area (Å²) < 4.78 is 0. The molecule has 13 nitrogen and oxygen atoms in total. The minimum absolute atomic E-state index is 0.0469. The number of carboxylic acids is 1. The summed E-state index contributed by atoms with van der Waals surface area (Å²) in [4.78, 5) is 62.0. The molecule has 0 unspecified atom stereocenters. The molecule has 0 fully saturated rings. The molecule has 0 saturated heterocycles. The largest absolute Gasteiger partial charge is 0.504 e. The van der Waals surface area contributed by atoms with E-state index in [0.717, 1.165) is 12.1 Å². The molecule has 0 heterocycles. The number of amides is 2. The van der Waals surface area contributed by atoms with E-state index in [1.807, 2.05) is 0 Å². The monoisotopic (exact) mass is 576 g/mol. The van der Waals surface area contributed by atoms with Gasteiger partial charge in [-0.1, -0.05) is 6.42 Å². The van der Waals surface area contributed by atoms with Crippen molar-refractivity contribution in [2.45, 2.75) is 52.9 Å². The van der Waals surface area contributed by atoms with Crippen LogP contribution in [0.2, 0.25) is 0 Å². The van der Waals surface area contributed by atoms with Crippen LogP contribution in [-0.2, 0) is 19.2 Å². The first-order valence-electron chi connectivity index (χ1n) is 13.5. The third-order valence-corrected chi connectivity index (χ3v) is 6.63. The molecule has 1 rings (SSSR count). The van der Waals surface area contributed by atoms with Crippen molar-refractivity contribution in [1.82, 2.24) is 9.80 Å². The van der Waals surface area contributed by atoms with Crippen LogP contribution in [0, 0.1) is 16.0 Å². The highest BCUT2D eigenvalue weighted by molar-refractivity contribution is 5.96. The first-order chi connectivity index (χ1) is 19.4. The molecule has 226 valence electrons. The van der Waals surface area contributed by atoms with Crippen molar-refractivity contribution in [3.63, 3.8) is 0 Å². The van der Waals surface area contributed by atoms with Crippen LogP contribution in [0.3, 0.4) is 0 Å². The number of Topliss-reactive ketones (excluding diaryl/α,β-unsaturated/α-hetero) is 1. The van der Waals surface area contributed by atoms with E-state index in [9.17, 15) is 39.5 Å². The molecule has 0 aliphatic heterocycles. The van der Waals surface area contributed by atoms with Crippen molar-refractivity contribution < 1.29 is 39.4 Å². The number of hydrogen-bond donors (Lipinski definition) is 4. The lowest BCUT2D eigenvalue weighted by atomic mass is 9.94. The van der Waals surface area contributed by atoms with E-state index in [2.05, 4.69) is 0 Å². The number of aromatic hydroxyl groups is 2. The van der Waals surface area contributed by atoms with Crippen LogP contribution in [0.25, 0.3) is 12.2 Å². The number of likely N-dealkylation sites (N-methyl/N-ethyl adjacent to an activating group) is 2. The molecule has 5 N–H and O–H groups in total. The number of nitrogens with two attached hydrogens (primary N) is 1. The molecule has 0 bridgehead atoms. The van der Waals surface area contributed by atoms with Crippen molar-refractivity contribution in [2.24, 2.45) is 11.7 Å². The molecule has 0 aromatic heterocycles. The molecular weight excluding hydrogens is 536 g/mol. The lowest BCUT2D eigenvalue weighted by Gasteiger charge is -2.20. The molecule has 1 atom stereocenters. The van der Waals surface area contributed by atoms with Gasteiger partial charge in [0, 0.05) is 57.2 Å². The van der Waals surface area contributed by atoms with Gasteiger partial charge < -0.3 is 30.9 Å². The number of carboxylic acid groups (broad SMARTS) is 1. The number of nitro benzene ring substituents is 1. The number of benzene rings is 1. The number of nitrogens with zero attached hydrogens (tertiary/aromatic N) is 3. The Kier molecular flexibility index (Phi) is 14.8. The van der Waals surface area contributed by atoms with Gasteiger partial charge in [0.25, 0.3) is 0 Å². The van der Waals surface area contributed by atoms with Gasteiger partial charge in [0.2, 0.25) is 17.6 Å². The molecule has 13 heteroatoms. The number of rotatable bonds is 18. The Morgan fingerprint density at radius 1 is 0.976 bits per heavy atom. The third-order valence-electron chi connectivity index (χ3n) is 6.63. The number of aliphatic carboxylic acids is 1. The lowest BCUT2D eigenvalue weighted by Crippen LogP contribution is -2.30. The molecular formula is C28H40N4O9. The van der Waals surface area contributed by atoms with Crippen molar-refractivity contribution in [3.05, 3.63) is 39.5 Å². The van der Waals surface area contributed by atoms with Crippen molar-refractivity contribution in [1.29, 1.82) is 0 Å². The van der Waals surface area contributed by atoms with Gasteiger partial charge in [-0.05, 0) is 57.4 Å². The normalized spacial score (nSPS) is 12.0. The summed E-state index contributed by atoms with van der Waals surface area (Å²) >= 11 is 0. The quantitative estimate of drug-likeness (QED) is 0.0661. The molecule has 2 amide bonds. The van der Waals surface area contributed by atoms with Gasteiger partial charge in [-0.15, -0.1) is 0 Å². The molecule has 41 heavy (non-hydrogen) atoms. The summed E-state index contributed by atoms with van der Waals surface area (Å²) in [5.41, 5.74) is 4.76. The Bertz CT molecular complexity index is 1160. The van der Waals surface area contributed by atoms with E-state index < -0.39 is 45.8 Å². The Morgan fingerprint density at radius 3 is 2.10 bits per heavy atom. The highest BCUT2D eigenvalue weighted by Crippen LogP contribution is 2.41. The van der Waals surface area contributed by atoms with E-state index in [-0.39, 0.29) is 36.3 Å². The first kappa shape index (κ1) is 34.8. The maximum absolute atomic E-state index is 12.9. The summed E-state index contributed by atoms with van der Waals surface area (Å²) in [7, 11) is 0. The Balaban J connectivity index is 3.06. The number of unbranched alkanes of at least 4 members (excludes halogenated alkanes) is 1. The third kappa shape index (κ3) is 10.7. The second-order valence-electron chi connectivity index (χ2n) is 9.24. The average Bonchev–Trinajstić information content (AvgIpc) is 2.93. The second-order valence-corrected chi connectivity index (χ2v) is 9.24. The summed E-state index contributed by atoms with van der Waals surface area (Å²) in [5, 5.41) is 40.7. The predicted molar refractivity (Wildman–Crippen MR) is 153 cm³/mol. The zero-order chi connectivity index (χ0) is 31.1. The number of phenols is 2. The molecule has 0 saturated carbocycles. The van der Waals surface area contributed by atoms with Crippen LogP contribution < -0.4 is 5.73 Å². The van der Waals surface area contributed by atoms with Crippen molar-refractivity contribution in [3.8, 4) is 11.5 Å². The molecule has 0 radical (unpaired) electrons. The number of carbonyl (C=O) groups is 4. The predicted octanol–water partition coefficient (Wildman–Crippen LogP) is 2.93. The average molecular weight is 577 g/mol. The standard InChI is InChI=1S/C28H40N4O9/c1-4-30(5-2)24(35)14-11-21-19(17-23(34)28(39)27(21)32(40)41)10-13-25(36)31(6-3)16-8-7-9-20(18-29)22(33)12-15-26(37)38/h10-11,13-14,17,20,34,39H,4-9,12,15-16,18,29H2,1-3H3,(H,37,38)/b13-10+,14-11+/t20-/m0/s1. The lowest BCUT2D eigenvalue weighted by molar-refractivity contribution is -0.386. The summed E-state index contributed by atoms with van der Waals surface area (Å²) in [6.07, 6.45) is 6.04. The van der Waals surface area contributed by atoms with E-state index >= 15 is 0 Å². The summed E-state index contributed by atoms with van der Waals surface area (Å²) in [6.45, 7) is 6.99. The fraction of sp³-hybridized carbons (Fsp3) is 0.500. The fourth-order valence-electron chi connectivity index (χ4n) is 4.20. The summed E-state index contributed by atoms with van der Waals surface area (Å²) in [6, 6.07) is 1.07. The molecule has 1 aromatic carbocycles. The number of phenolic OH excluding ortho intramolecular Hbond substituents is 2. The molecule has 0 spiro atoms. The highest BCUT2D eigenvalue weighted by atomic mass is 16.6. The van der Waals surface area contributed by atoms with Crippen LogP contribution in [-0.4, -0.2) is 86.3 Å². The topological polar surface area (TPSA) is 205 Å². The zero-order valence-electron chi connectivity index (χ0n) is 23.7. The summed E-state index contributed by atoms with van der Waals surface area (Å²) in [5.74, 6) is -4.22. The van der Waals surface area contributed by atoms with E-state index in [4.69, 9.17) is 10.8 Å². The minimum atomic E-state index is -1.05. The van der Waals surface area contributed by atoms with Crippen LogP contribution in [0.15, 0.2) is 18.2 Å². The Hall–Kier alpha value is -4.26. The van der Waals surface area contributed by atoms with Gasteiger partial charge >= 0.3 is 11.7 Å². The fourth-order valence-corrected chi connectivity index (χ4v) is 4.20. The van der Waals surface area contributed by atoms with Gasteiger partial charge in [0.1, 0.15) is 5.78 Å². The second kappa shape index (κ2) is 17.4. The SMILES string of the molecule is CCN(CC)C(=O)/C=C/c1c(/C=C/C(=O)N(CC)CCCC[C@@H](CN)C(=O)CCC(=O)O)cc(O)c(O)c1[N+](=O)[O-]. The smallest absolute Gasteiger partial charge is 0.322 e. The van der Waals surface area contributed by atoms with Crippen LogP contribution in [0.1, 0.15) is 64.0 Å². The molecule has 0 aliphatic carbocycles. The van der Waals surface area contributed by atoms with E-state index in [0.29, 0.717) is 45.4 Å². The molecule has 1 aromatic rings. The number of ketones is 1. The van der Waals surface area contributed by atoms with Crippen molar-refractivity contribution >= 4 is 41.4 Å². The number of nitro groups is 1. The van der Waals surface area contributed by atoms with Gasteiger partial charge in [0.05, 0.1) is 16.9 Å². The maximum Gasteiger partial charge on any atom is 0.322 e. The van der Waals surface area contributed by atoms with Crippen LogP contribution in [0.4, 0.5) is 5.69 Å². The molecule has 0 aliphatic rings. The van der Waals surface area contributed by atoms with E-state index in [1.54, 1.807) is 20.8 Å². The number of hydrogen-bond acceptors (Lipinski definition) is 9. The van der Waals surface area contributed by atoms with Crippen molar-refractivity contribution in [2.75, 3.05) is 32.7 Å². The zero-order valence-corrected chi connectivity index (χ0v) is 23.7. The minimum Gasteiger partial charge on any atom is -0.504 e. The van der Waals surface area contributed by atoms with Gasteiger partial charge in [-0.2, -0.15) is 0 Å². The highest BCUT2D eigenvalue weighted by Gasteiger charge is 2.25. The van der Waals surface area contributed by atoms with E-state index in [1.165, 1.54) is 28.0 Å².